The van der Waals surface area contributed by atoms with Crippen molar-refractivity contribution in [3.05, 3.63) is 82.2 Å². The van der Waals surface area contributed by atoms with E-state index in [1.165, 1.54) is 27.3 Å². The largest absolute Gasteiger partial charge is 0.366 e. The third-order valence-electron chi connectivity index (χ3n) is 4.92. The van der Waals surface area contributed by atoms with Crippen molar-refractivity contribution in [2.24, 2.45) is 0 Å². The third-order valence-corrected chi connectivity index (χ3v) is 4.92. The zero-order valence-electron chi connectivity index (χ0n) is 13.2. The van der Waals surface area contributed by atoms with Crippen molar-refractivity contribution in [1.82, 2.24) is 4.90 Å². The van der Waals surface area contributed by atoms with E-state index in [1.54, 1.807) is 0 Å². The van der Waals surface area contributed by atoms with Gasteiger partial charge in [-0.15, -0.1) is 0 Å². The molecule has 2 aliphatic rings. The molecule has 22 heavy (non-hydrogen) atoms. The molecular formula is C21H21N. The topological polar surface area (TPSA) is 3.24 Å². The molecule has 2 heterocycles. The molecule has 2 aromatic carbocycles. The number of rotatable bonds is 1. The molecule has 0 bridgehead atoms. The lowest BCUT2D eigenvalue weighted by molar-refractivity contribution is 0.346. The van der Waals surface area contributed by atoms with E-state index < -0.39 is 0 Å². The summed E-state index contributed by atoms with van der Waals surface area (Å²) in [5, 5.41) is 2.72. The van der Waals surface area contributed by atoms with Crippen molar-refractivity contribution < 1.29 is 0 Å². The van der Waals surface area contributed by atoms with Gasteiger partial charge < -0.3 is 4.90 Å². The maximum atomic E-state index is 2.53. The Labute approximate surface area is 131 Å². The highest BCUT2D eigenvalue weighted by Crippen LogP contribution is 2.39. The van der Waals surface area contributed by atoms with Crippen LogP contribution in [-0.2, 0) is 5.41 Å². The number of fused-ring (bicyclic) bond motifs is 4. The molecule has 4 rings (SSSR count). The molecule has 0 amide bonds. The maximum Gasteiger partial charge on any atom is 0.0525 e. The molecule has 110 valence electrons. The first kappa shape index (κ1) is 13.4. The van der Waals surface area contributed by atoms with Crippen LogP contribution in [0.1, 0.15) is 25.0 Å². The van der Waals surface area contributed by atoms with Crippen LogP contribution in [0.2, 0.25) is 0 Å². The van der Waals surface area contributed by atoms with Gasteiger partial charge in [-0.05, 0) is 17.7 Å². The number of hydrogen-bond acceptors (Lipinski definition) is 1. The normalized spacial score (nSPS) is 22.8. The van der Waals surface area contributed by atoms with Crippen molar-refractivity contribution in [2.45, 2.75) is 19.3 Å². The van der Waals surface area contributed by atoms with Crippen molar-refractivity contribution in [3.8, 4) is 0 Å². The van der Waals surface area contributed by atoms with Gasteiger partial charge in [-0.1, -0.05) is 73.7 Å². The lowest BCUT2D eigenvalue weighted by Crippen LogP contribution is -2.49. The van der Waals surface area contributed by atoms with Crippen LogP contribution in [0.5, 0.6) is 0 Å². The Balaban J connectivity index is 2.09. The minimum absolute atomic E-state index is 0.0783. The molecule has 0 aliphatic carbocycles. The highest BCUT2D eigenvalue weighted by molar-refractivity contribution is 5.73. The van der Waals surface area contributed by atoms with Crippen LogP contribution >= 0.6 is 0 Å². The molecule has 2 aromatic rings. The molecule has 1 heteroatoms. The second-order valence-electron chi connectivity index (χ2n) is 6.48. The van der Waals surface area contributed by atoms with Gasteiger partial charge in [0, 0.05) is 29.3 Å². The van der Waals surface area contributed by atoms with Gasteiger partial charge in [0.2, 0.25) is 0 Å². The molecule has 2 aliphatic heterocycles. The number of allylic oxidation sites excluding steroid dienone is 1. The summed E-state index contributed by atoms with van der Waals surface area (Å²) in [5.74, 6) is 0. The van der Waals surface area contributed by atoms with Crippen molar-refractivity contribution in [3.63, 3.8) is 0 Å². The van der Waals surface area contributed by atoms with Crippen LogP contribution in [0, 0.1) is 0 Å². The summed E-state index contributed by atoms with van der Waals surface area (Å²) in [5.41, 5.74) is 4.30. The molecule has 0 saturated carbocycles. The van der Waals surface area contributed by atoms with Crippen molar-refractivity contribution >= 4 is 11.8 Å². The van der Waals surface area contributed by atoms with E-state index in [0.29, 0.717) is 0 Å². The minimum atomic E-state index is 0.0783. The maximum absolute atomic E-state index is 2.53. The highest BCUT2D eigenvalue weighted by atomic mass is 15.2. The lowest BCUT2D eigenvalue weighted by Gasteiger charge is -2.44. The van der Waals surface area contributed by atoms with Crippen LogP contribution < -0.4 is 10.4 Å². The molecule has 0 spiro atoms. The predicted molar refractivity (Wildman–Crippen MR) is 92.8 cm³/mol. The third kappa shape index (κ3) is 1.85. The molecule has 0 fully saturated rings. The van der Waals surface area contributed by atoms with Crippen LogP contribution in [0.3, 0.4) is 0 Å². The molecule has 1 nitrogen and oxygen atoms in total. The van der Waals surface area contributed by atoms with Crippen LogP contribution in [0.25, 0.3) is 11.8 Å². The SMILES string of the molecule is CC=CC1(C)CN2CC=c3ccccc3=C2c2ccccc21. The summed E-state index contributed by atoms with van der Waals surface area (Å²) in [6, 6.07) is 17.6. The Kier molecular flexibility index (Phi) is 2.97. The molecule has 0 saturated heterocycles. The van der Waals surface area contributed by atoms with Gasteiger partial charge in [-0.25, -0.2) is 0 Å². The molecule has 0 radical (unpaired) electrons. The number of nitrogens with zero attached hydrogens (tertiary/aromatic N) is 1. The van der Waals surface area contributed by atoms with E-state index in [2.05, 4.69) is 85.5 Å². The standard InChI is InChI=1S/C21H21N/c1-3-13-21(2)15-22-14-12-16-8-4-5-9-17(16)20(22)18-10-6-7-11-19(18)21/h3-13H,14-15H2,1-2H3. The summed E-state index contributed by atoms with van der Waals surface area (Å²) in [7, 11) is 0. The fourth-order valence-corrected chi connectivity index (χ4v) is 4.00. The molecule has 1 unspecified atom stereocenters. The minimum Gasteiger partial charge on any atom is -0.366 e. The van der Waals surface area contributed by atoms with Crippen LogP contribution in [0.15, 0.2) is 60.7 Å². The summed E-state index contributed by atoms with van der Waals surface area (Å²) in [6.07, 6.45) is 6.88. The molecule has 0 N–H and O–H groups in total. The Morgan fingerprint density at radius 1 is 1.05 bits per heavy atom. The number of hydrogen-bond donors (Lipinski definition) is 0. The van der Waals surface area contributed by atoms with E-state index in [-0.39, 0.29) is 5.41 Å². The Morgan fingerprint density at radius 3 is 2.68 bits per heavy atom. The number of benzene rings is 2. The van der Waals surface area contributed by atoms with Crippen LogP contribution in [-0.4, -0.2) is 18.0 Å². The predicted octanol–water partition coefficient (Wildman–Crippen LogP) is 2.79. The zero-order valence-corrected chi connectivity index (χ0v) is 13.2. The van der Waals surface area contributed by atoms with Gasteiger partial charge in [0.15, 0.2) is 0 Å². The molecule has 0 aromatic heterocycles. The van der Waals surface area contributed by atoms with E-state index in [1.807, 2.05) is 0 Å². The van der Waals surface area contributed by atoms with E-state index in [9.17, 15) is 0 Å². The highest BCUT2D eigenvalue weighted by Gasteiger charge is 2.36. The monoisotopic (exact) mass is 287 g/mol. The zero-order chi connectivity index (χ0) is 15.2. The van der Waals surface area contributed by atoms with Crippen molar-refractivity contribution in [1.29, 1.82) is 0 Å². The second kappa shape index (κ2) is 4.88. The lowest BCUT2D eigenvalue weighted by atomic mass is 9.74. The van der Waals surface area contributed by atoms with E-state index in [0.717, 1.165) is 13.1 Å². The fourth-order valence-electron chi connectivity index (χ4n) is 4.00. The average Bonchev–Trinajstić information content (AvgIpc) is 2.55. The Bertz CT molecular complexity index is 875. The summed E-state index contributed by atoms with van der Waals surface area (Å²) in [4.78, 5) is 2.53. The average molecular weight is 287 g/mol. The fraction of sp³-hybridized carbons (Fsp3) is 0.238. The Morgan fingerprint density at radius 2 is 1.82 bits per heavy atom. The van der Waals surface area contributed by atoms with Gasteiger partial charge in [-0.2, -0.15) is 0 Å². The molecular weight excluding hydrogens is 266 g/mol. The van der Waals surface area contributed by atoms with Gasteiger partial charge in [0.1, 0.15) is 0 Å². The first-order chi connectivity index (χ1) is 10.7. The van der Waals surface area contributed by atoms with Crippen molar-refractivity contribution in [2.75, 3.05) is 13.1 Å². The Hall–Kier alpha value is -2.28. The quantitative estimate of drug-likeness (QED) is 0.729. The van der Waals surface area contributed by atoms with E-state index in [4.69, 9.17) is 0 Å². The van der Waals surface area contributed by atoms with Gasteiger partial charge >= 0.3 is 0 Å². The van der Waals surface area contributed by atoms with Crippen LogP contribution in [0.4, 0.5) is 0 Å². The van der Waals surface area contributed by atoms with Gasteiger partial charge in [0.05, 0.1) is 5.70 Å². The van der Waals surface area contributed by atoms with Gasteiger partial charge in [0.25, 0.3) is 0 Å². The first-order valence-electron chi connectivity index (χ1n) is 8.01. The molecule has 1 atom stereocenters. The summed E-state index contributed by atoms with van der Waals surface area (Å²) in [6.45, 7) is 6.50. The summed E-state index contributed by atoms with van der Waals surface area (Å²) < 4.78 is 0. The smallest absolute Gasteiger partial charge is 0.0525 e. The first-order valence-corrected chi connectivity index (χ1v) is 8.01. The summed E-state index contributed by atoms with van der Waals surface area (Å²) >= 11 is 0. The second-order valence-corrected chi connectivity index (χ2v) is 6.48. The van der Waals surface area contributed by atoms with E-state index >= 15 is 0 Å². The van der Waals surface area contributed by atoms with Gasteiger partial charge in [-0.3, -0.25) is 0 Å².